The first-order chi connectivity index (χ1) is 10.4. The van der Waals surface area contributed by atoms with Crippen molar-refractivity contribution in [1.29, 1.82) is 0 Å². The summed E-state index contributed by atoms with van der Waals surface area (Å²) in [5.41, 5.74) is 4.60. The molecule has 2 heterocycles. The number of carboxylic acid groups (broad SMARTS) is 1. The number of H-pyrrole nitrogens is 1. The van der Waals surface area contributed by atoms with Crippen LogP contribution in [0.25, 0.3) is 16.5 Å². The fourth-order valence-electron chi connectivity index (χ4n) is 3.61. The van der Waals surface area contributed by atoms with Crippen LogP contribution >= 0.6 is 31.9 Å². The lowest BCUT2D eigenvalue weighted by Gasteiger charge is -2.45. The van der Waals surface area contributed by atoms with Crippen molar-refractivity contribution < 1.29 is 9.90 Å². The van der Waals surface area contributed by atoms with Crippen molar-refractivity contribution in [3.05, 3.63) is 41.6 Å². The predicted octanol–water partition coefficient (Wildman–Crippen LogP) is 3.36. The average molecular weight is 426 g/mol. The number of nitrogens with one attached hydrogen (secondary N) is 1. The van der Waals surface area contributed by atoms with E-state index in [1.165, 1.54) is 10.9 Å². The van der Waals surface area contributed by atoms with E-state index in [4.69, 9.17) is 0 Å². The van der Waals surface area contributed by atoms with Crippen molar-refractivity contribution in [2.45, 2.75) is 21.7 Å². The Morgan fingerprint density at radius 3 is 3.00 bits per heavy atom. The fraction of sp³-hybridized carbons (Fsp3) is 0.312. The van der Waals surface area contributed by atoms with E-state index in [1.807, 2.05) is 19.2 Å². The molecule has 3 atom stereocenters. The van der Waals surface area contributed by atoms with Gasteiger partial charge in [0.25, 0.3) is 0 Å². The maximum absolute atomic E-state index is 11.8. The number of nitrogens with zero attached hydrogens (tertiary/aromatic N) is 1. The summed E-state index contributed by atoms with van der Waals surface area (Å²) in [5.74, 6) is -0.890. The minimum atomic E-state index is -1.14. The molecular formula is C16H14Br2N2O2. The number of benzene rings is 1. The van der Waals surface area contributed by atoms with Gasteiger partial charge in [-0.05, 0) is 42.3 Å². The molecule has 1 aromatic carbocycles. The molecule has 1 aliphatic heterocycles. The molecular weight excluding hydrogens is 412 g/mol. The van der Waals surface area contributed by atoms with Crippen LogP contribution in [0.15, 0.2) is 30.5 Å². The van der Waals surface area contributed by atoms with Gasteiger partial charge < -0.3 is 10.1 Å². The number of carbonyl (C=O) groups is 1. The first-order valence-electron chi connectivity index (χ1n) is 7.04. The Balaban J connectivity index is 2.01. The van der Waals surface area contributed by atoms with E-state index in [-0.39, 0.29) is 11.0 Å². The highest BCUT2D eigenvalue weighted by molar-refractivity contribution is 9.13. The molecule has 114 valence electrons. The topological polar surface area (TPSA) is 56.3 Å². The summed E-state index contributed by atoms with van der Waals surface area (Å²) in [6.45, 7) is 0. The summed E-state index contributed by atoms with van der Waals surface area (Å²) in [6, 6.07) is 6.32. The number of halogens is 2. The predicted molar refractivity (Wildman–Crippen MR) is 93.5 cm³/mol. The molecule has 0 fully saturated rings. The molecule has 0 amide bonds. The van der Waals surface area contributed by atoms with Gasteiger partial charge in [-0.25, -0.2) is 0 Å². The van der Waals surface area contributed by atoms with Gasteiger partial charge in [-0.2, -0.15) is 0 Å². The molecule has 6 heteroatoms. The van der Waals surface area contributed by atoms with Crippen molar-refractivity contribution in [1.82, 2.24) is 9.88 Å². The lowest BCUT2D eigenvalue weighted by molar-refractivity contribution is -0.139. The van der Waals surface area contributed by atoms with E-state index in [0.29, 0.717) is 0 Å². The van der Waals surface area contributed by atoms with Gasteiger partial charge in [-0.1, -0.05) is 44.0 Å². The lowest BCUT2D eigenvalue weighted by atomic mass is 9.80. The second kappa shape index (κ2) is 4.69. The Kier molecular flexibility index (Phi) is 3.09. The summed E-state index contributed by atoms with van der Waals surface area (Å²) in [4.78, 5) is 16.9. The number of aromatic nitrogens is 1. The van der Waals surface area contributed by atoms with E-state index >= 15 is 0 Å². The number of hydrogen-bond acceptors (Lipinski definition) is 2. The Bertz CT molecular complexity index is 829. The van der Waals surface area contributed by atoms with E-state index in [0.717, 1.165) is 23.1 Å². The maximum atomic E-state index is 11.8. The van der Waals surface area contributed by atoms with Gasteiger partial charge in [-0.3, -0.25) is 9.69 Å². The molecule has 0 saturated heterocycles. The normalized spacial score (nSPS) is 31.0. The number of alkyl halides is 2. The first kappa shape index (κ1) is 14.5. The number of hydrogen-bond donors (Lipinski definition) is 2. The highest BCUT2D eigenvalue weighted by Gasteiger charge is 2.50. The van der Waals surface area contributed by atoms with Crippen molar-refractivity contribution in [3.63, 3.8) is 0 Å². The van der Waals surface area contributed by atoms with E-state index in [9.17, 15) is 9.90 Å². The zero-order valence-electron chi connectivity index (χ0n) is 11.8. The summed E-state index contributed by atoms with van der Waals surface area (Å²) < 4.78 is -1.14. The van der Waals surface area contributed by atoms with Gasteiger partial charge in [0.2, 0.25) is 0 Å². The van der Waals surface area contributed by atoms with Gasteiger partial charge >= 0.3 is 5.97 Å². The third kappa shape index (κ3) is 1.74. The van der Waals surface area contributed by atoms with Crippen LogP contribution in [-0.2, 0) is 11.2 Å². The van der Waals surface area contributed by atoms with Crippen LogP contribution in [0.1, 0.15) is 11.1 Å². The monoisotopic (exact) mass is 424 g/mol. The third-order valence-electron chi connectivity index (χ3n) is 4.76. The van der Waals surface area contributed by atoms with Crippen LogP contribution in [-0.4, -0.2) is 43.3 Å². The van der Waals surface area contributed by atoms with Crippen molar-refractivity contribution in [2.75, 3.05) is 7.05 Å². The standard InChI is InChI=1S/C16H14Br2N2O2/c1-20-12-5-8-7-19-11-4-2-3-9(13(8)11)10(12)6-16(18,14(20)17)15(21)22/h2-4,6-7,12,14,19H,5H2,1H3,(H,21,22)/t12-,14?,16+/m1/s1. The summed E-state index contributed by atoms with van der Waals surface area (Å²) in [7, 11) is 1.97. The second-order valence-corrected chi connectivity index (χ2v) is 8.12. The Labute approximate surface area is 144 Å². The molecule has 0 radical (unpaired) electrons. The number of rotatable bonds is 1. The molecule has 1 aromatic heterocycles. The smallest absolute Gasteiger partial charge is 0.326 e. The average Bonchev–Trinajstić information content (AvgIpc) is 2.91. The van der Waals surface area contributed by atoms with Gasteiger partial charge in [0.15, 0.2) is 4.32 Å². The second-order valence-electron chi connectivity index (χ2n) is 5.94. The minimum Gasteiger partial charge on any atom is -0.480 e. The largest absolute Gasteiger partial charge is 0.480 e. The Morgan fingerprint density at radius 2 is 2.27 bits per heavy atom. The highest BCUT2D eigenvalue weighted by atomic mass is 79.9. The SMILES string of the molecule is CN1C(Br)[C@](Br)(C(=O)O)C=C2c3cccc4[nH]cc(c34)C[C@H]21. The van der Waals surface area contributed by atoms with Crippen molar-refractivity contribution in [2.24, 2.45) is 0 Å². The minimum absolute atomic E-state index is 0.170. The molecule has 4 nitrogen and oxygen atoms in total. The van der Waals surface area contributed by atoms with Gasteiger partial charge in [0, 0.05) is 23.1 Å². The van der Waals surface area contributed by atoms with Crippen molar-refractivity contribution in [3.8, 4) is 0 Å². The van der Waals surface area contributed by atoms with Gasteiger partial charge in [-0.15, -0.1) is 0 Å². The zero-order valence-corrected chi connectivity index (χ0v) is 15.0. The van der Waals surface area contributed by atoms with Gasteiger partial charge in [0.05, 0.1) is 4.95 Å². The van der Waals surface area contributed by atoms with Crippen LogP contribution in [0.5, 0.6) is 0 Å². The molecule has 0 bridgehead atoms. The number of fused-ring (bicyclic) bond motifs is 2. The van der Waals surface area contributed by atoms with Crippen LogP contribution in [0.4, 0.5) is 0 Å². The fourth-order valence-corrected chi connectivity index (χ4v) is 4.79. The van der Waals surface area contributed by atoms with E-state index < -0.39 is 10.3 Å². The van der Waals surface area contributed by atoms with Crippen LogP contribution in [0, 0.1) is 0 Å². The van der Waals surface area contributed by atoms with Crippen LogP contribution in [0.3, 0.4) is 0 Å². The summed E-state index contributed by atoms with van der Waals surface area (Å²) in [5, 5.41) is 10.9. The first-order valence-corrected chi connectivity index (χ1v) is 8.75. The number of likely N-dealkylation sites (N-methyl/N-ethyl adjacent to an activating group) is 1. The van der Waals surface area contributed by atoms with E-state index in [2.05, 4.69) is 60.1 Å². The third-order valence-corrected chi connectivity index (χ3v) is 7.74. The van der Waals surface area contributed by atoms with Gasteiger partial charge in [0.1, 0.15) is 0 Å². The molecule has 0 spiro atoms. The molecule has 2 aliphatic rings. The molecule has 22 heavy (non-hydrogen) atoms. The van der Waals surface area contributed by atoms with Crippen LogP contribution < -0.4 is 0 Å². The molecule has 1 unspecified atom stereocenters. The molecule has 2 N–H and O–H groups in total. The summed E-state index contributed by atoms with van der Waals surface area (Å²) in [6.07, 6.45) is 4.81. The van der Waals surface area contributed by atoms with Crippen molar-refractivity contribution >= 4 is 54.3 Å². The molecule has 2 aromatic rings. The van der Waals surface area contributed by atoms with E-state index in [1.54, 1.807) is 0 Å². The molecule has 1 aliphatic carbocycles. The zero-order chi connectivity index (χ0) is 15.6. The highest BCUT2D eigenvalue weighted by Crippen LogP contribution is 2.47. The molecule has 0 saturated carbocycles. The quantitative estimate of drug-likeness (QED) is 0.544. The maximum Gasteiger partial charge on any atom is 0.326 e. The molecule has 4 rings (SSSR count). The van der Waals surface area contributed by atoms with Crippen LogP contribution in [0.2, 0.25) is 0 Å². The Hall–Kier alpha value is -1.11. The Morgan fingerprint density at radius 1 is 1.50 bits per heavy atom. The lowest BCUT2D eigenvalue weighted by Crippen LogP contribution is -2.56. The number of aromatic amines is 1. The summed E-state index contributed by atoms with van der Waals surface area (Å²) >= 11 is 6.99. The number of carboxylic acids is 1. The number of aliphatic carboxylic acids is 1.